The van der Waals surface area contributed by atoms with Gasteiger partial charge in [-0.05, 0) is 35.8 Å². The Kier molecular flexibility index (Phi) is 2.44. The smallest absolute Gasteiger partial charge is 0.148 e. The van der Waals surface area contributed by atoms with Crippen molar-refractivity contribution in [3.8, 4) is 0 Å². The first-order valence-corrected chi connectivity index (χ1v) is 5.90. The first-order chi connectivity index (χ1) is 7.35. The second kappa shape index (κ2) is 3.44. The lowest BCUT2D eigenvalue weighted by Gasteiger charge is -2.05. The Morgan fingerprint density at radius 1 is 1.12 bits per heavy atom. The maximum atomic E-state index is 4.11. The number of anilines is 1. The van der Waals surface area contributed by atoms with Crippen LogP contribution in [0.25, 0.3) is 0 Å². The molecule has 88 valence electrons. The van der Waals surface area contributed by atoms with Gasteiger partial charge in [0.1, 0.15) is 5.82 Å². The van der Waals surface area contributed by atoms with Crippen molar-refractivity contribution in [3.05, 3.63) is 17.8 Å². The monoisotopic (exact) mass is 219 g/mol. The van der Waals surface area contributed by atoms with Gasteiger partial charge in [-0.3, -0.25) is 0 Å². The van der Waals surface area contributed by atoms with Gasteiger partial charge in [-0.25, -0.2) is 0 Å². The molecule has 1 aliphatic rings. The molecule has 0 aromatic carbocycles. The van der Waals surface area contributed by atoms with Crippen LogP contribution < -0.4 is 5.32 Å². The van der Waals surface area contributed by atoms with E-state index in [1.54, 1.807) is 0 Å². The third-order valence-corrected chi connectivity index (χ3v) is 4.60. The van der Waals surface area contributed by atoms with Gasteiger partial charge >= 0.3 is 0 Å². The number of nitrogens with zero attached hydrogens (tertiary/aromatic N) is 2. The molecule has 1 saturated carbocycles. The molecule has 0 bridgehead atoms. The molecule has 1 N–H and O–H groups in total. The molecule has 0 aliphatic heterocycles. The predicted octanol–water partition coefficient (Wildman–Crippen LogP) is 2.88. The molecule has 0 saturated heterocycles. The summed E-state index contributed by atoms with van der Waals surface area (Å²) in [6.45, 7) is 12.3. The van der Waals surface area contributed by atoms with Crippen LogP contribution in [0, 0.1) is 23.7 Å². The quantitative estimate of drug-likeness (QED) is 0.849. The van der Waals surface area contributed by atoms with Gasteiger partial charge in [0.25, 0.3) is 0 Å². The normalized spacial score (nSPS) is 21.8. The van der Waals surface area contributed by atoms with Crippen LogP contribution in [0.3, 0.4) is 0 Å². The third-order valence-electron chi connectivity index (χ3n) is 4.60. The number of aromatic nitrogens is 2. The van der Waals surface area contributed by atoms with Gasteiger partial charge in [0.05, 0.1) is 5.69 Å². The zero-order valence-corrected chi connectivity index (χ0v) is 10.8. The van der Waals surface area contributed by atoms with Crippen molar-refractivity contribution in [2.24, 2.45) is 16.7 Å². The van der Waals surface area contributed by atoms with E-state index in [0.717, 1.165) is 18.1 Å². The minimum atomic E-state index is 0.429. The van der Waals surface area contributed by atoms with E-state index >= 15 is 0 Å². The molecule has 1 fully saturated rings. The van der Waals surface area contributed by atoms with Gasteiger partial charge in [0, 0.05) is 6.54 Å². The Hall–Kier alpha value is -1.12. The number of nitrogens with one attached hydrogen (secondary N) is 1. The van der Waals surface area contributed by atoms with Crippen molar-refractivity contribution in [2.45, 2.75) is 34.6 Å². The van der Waals surface area contributed by atoms with Gasteiger partial charge in [0.15, 0.2) is 0 Å². The summed E-state index contributed by atoms with van der Waals surface area (Å²) in [6.07, 6.45) is 0. The van der Waals surface area contributed by atoms with Gasteiger partial charge in [0.2, 0.25) is 0 Å². The van der Waals surface area contributed by atoms with Gasteiger partial charge < -0.3 is 5.32 Å². The maximum Gasteiger partial charge on any atom is 0.148 e. The van der Waals surface area contributed by atoms with Crippen LogP contribution in [0.2, 0.25) is 0 Å². The summed E-state index contributed by atoms with van der Waals surface area (Å²) >= 11 is 0. The fourth-order valence-corrected chi connectivity index (χ4v) is 2.54. The second-order valence-electron chi connectivity index (χ2n) is 5.94. The van der Waals surface area contributed by atoms with E-state index in [1.807, 2.05) is 19.1 Å². The molecule has 1 heterocycles. The molecule has 16 heavy (non-hydrogen) atoms. The van der Waals surface area contributed by atoms with E-state index in [9.17, 15) is 0 Å². The molecule has 1 aliphatic carbocycles. The number of hydrogen-bond acceptors (Lipinski definition) is 3. The minimum absolute atomic E-state index is 0.429. The van der Waals surface area contributed by atoms with Crippen molar-refractivity contribution >= 4 is 5.82 Å². The Morgan fingerprint density at radius 2 is 1.75 bits per heavy atom. The van der Waals surface area contributed by atoms with Crippen LogP contribution in [-0.4, -0.2) is 16.7 Å². The standard InChI is InChI=1S/C13H21N3/c1-9-6-7-11(16-15-9)14-8-10-12(2,3)13(10,4)5/h6-7,10H,8H2,1-5H3,(H,14,16). The predicted molar refractivity (Wildman–Crippen MR) is 66.3 cm³/mol. The Bertz CT molecular complexity index is 365. The van der Waals surface area contributed by atoms with E-state index in [0.29, 0.717) is 16.7 Å². The summed E-state index contributed by atoms with van der Waals surface area (Å²) in [5.74, 6) is 1.59. The van der Waals surface area contributed by atoms with E-state index in [4.69, 9.17) is 0 Å². The van der Waals surface area contributed by atoms with E-state index in [2.05, 4.69) is 43.2 Å². The average Bonchev–Trinajstić information content (AvgIpc) is 2.58. The van der Waals surface area contributed by atoms with E-state index in [-0.39, 0.29) is 0 Å². The van der Waals surface area contributed by atoms with E-state index in [1.165, 1.54) is 0 Å². The molecule has 1 aromatic rings. The Balaban J connectivity index is 1.93. The third kappa shape index (κ3) is 1.68. The summed E-state index contributed by atoms with van der Waals surface area (Å²) in [6, 6.07) is 3.98. The highest BCUT2D eigenvalue weighted by molar-refractivity contribution is 5.34. The fourth-order valence-electron chi connectivity index (χ4n) is 2.54. The van der Waals surface area contributed by atoms with Crippen molar-refractivity contribution in [2.75, 3.05) is 11.9 Å². The molecule has 0 radical (unpaired) electrons. The molecule has 1 aromatic heterocycles. The molecule has 3 heteroatoms. The summed E-state index contributed by atoms with van der Waals surface area (Å²) in [7, 11) is 0. The summed E-state index contributed by atoms with van der Waals surface area (Å²) < 4.78 is 0. The van der Waals surface area contributed by atoms with Crippen LogP contribution in [0.4, 0.5) is 5.82 Å². The lowest BCUT2D eigenvalue weighted by molar-refractivity contribution is 0.457. The fraction of sp³-hybridized carbons (Fsp3) is 0.692. The summed E-state index contributed by atoms with van der Waals surface area (Å²) in [5, 5.41) is 11.5. The number of aryl methyl sites for hydroxylation is 1. The maximum absolute atomic E-state index is 4.11. The minimum Gasteiger partial charge on any atom is -0.368 e. The van der Waals surface area contributed by atoms with Crippen LogP contribution in [0.1, 0.15) is 33.4 Å². The highest BCUT2D eigenvalue weighted by Crippen LogP contribution is 2.68. The van der Waals surface area contributed by atoms with Crippen LogP contribution in [-0.2, 0) is 0 Å². The van der Waals surface area contributed by atoms with Crippen molar-refractivity contribution in [1.82, 2.24) is 10.2 Å². The molecular formula is C13H21N3. The summed E-state index contributed by atoms with van der Waals surface area (Å²) in [5.41, 5.74) is 1.81. The molecule has 2 rings (SSSR count). The Labute approximate surface area is 97.7 Å². The van der Waals surface area contributed by atoms with Gasteiger partial charge in [-0.15, -0.1) is 5.10 Å². The van der Waals surface area contributed by atoms with E-state index < -0.39 is 0 Å². The number of rotatable bonds is 3. The molecule has 0 atom stereocenters. The topological polar surface area (TPSA) is 37.8 Å². The zero-order valence-electron chi connectivity index (χ0n) is 10.8. The van der Waals surface area contributed by atoms with Crippen LogP contribution >= 0.6 is 0 Å². The summed E-state index contributed by atoms with van der Waals surface area (Å²) in [4.78, 5) is 0. The van der Waals surface area contributed by atoms with Crippen molar-refractivity contribution in [1.29, 1.82) is 0 Å². The van der Waals surface area contributed by atoms with Crippen molar-refractivity contribution in [3.63, 3.8) is 0 Å². The van der Waals surface area contributed by atoms with Crippen LogP contribution in [0.5, 0.6) is 0 Å². The molecule has 0 spiro atoms. The average molecular weight is 219 g/mol. The molecule has 0 unspecified atom stereocenters. The lowest BCUT2D eigenvalue weighted by Crippen LogP contribution is -2.09. The SMILES string of the molecule is Cc1ccc(NCC2C(C)(C)C2(C)C)nn1. The molecule has 3 nitrogen and oxygen atoms in total. The van der Waals surface area contributed by atoms with Gasteiger partial charge in [-0.1, -0.05) is 27.7 Å². The van der Waals surface area contributed by atoms with Crippen molar-refractivity contribution < 1.29 is 0 Å². The first-order valence-electron chi connectivity index (χ1n) is 5.90. The highest BCUT2D eigenvalue weighted by Gasteiger charge is 2.64. The lowest BCUT2D eigenvalue weighted by atomic mass is 10.0. The zero-order chi connectivity index (χ0) is 12.0. The highest BCUT2D eigenvalue weighted by atomic mass is 15.2. The molecular weight excluding hydrogens is 198 g/mol. The van der Waals surface area contributed by atoms with Gasteiger partial charge in [-0.2, -0.15) is 5.10 Å². The largest absolute Gasteiger partial charge is 0.368 e. The first kappa shape index (κ1) is 11.4. The van der Waals surface area contributed by atoms with Crippen LogP contribution in [0.15, 0.2) is 12.1 Å². The second-order valence-corrected chi connectivity index (χ2v) is 5.94. The number of hydrogen-bond donors (Lipinski definition) is 1. The molecule has 0 amide bonds. The Morgan fingerprint density at radius 3 is 2.19 bits per heavy atom.